The van der Waals surface area contributed by atoms with E-state index in [0.717, 1.165) is 44.9 Å². The van der Waals surface area contributed by atoms with Gasteiger partial charge in [0.05, 0.1) is 11.1 Å². The van der Waals surface area contributed by atoms with Gasteiger partial charge in [0.1, 0.15) is 11.5 Å². The normalized spacial score (nSPS) is 13.1. The minimum atomic E-state index is -0.598. The first-order chi connectivity index (χ1) is 32.7. The van der Waals surface area contributed by atoms with Crippen molar-refractivity contribution in [2.45, 2.75) is 5.41 Å². The molecule has 1 aliphatic heterocycles. The summed E-state index contributed by atoms with van der Waals surface area (Å²) in [4.78, 5) is 2.42. The van der Waals surface area contributed by atoms with Crippen LogP contribution in [0.3, 0.4) is 0 Å². The van der Waals surface area contributed by atoms with E-state index in [1.807, 2.05) is 11.3 Å². The zero-order chi connectivity index (χ0) is 43.3. The Hall–Kier alpha value is -8.24. The summed E-state index contributed by atoms with van der Waals surface area (Å²) in [5.41, 5.74) is 14.9. The summed E-state index contributed by atoms with van der Waals surface area (Å²) < 4.78 is 9.79. The van der Waals surface area contributed by atoms with Crippen LogP contribution in [0.15, 0.2) is 237 Å². The summed E-state index contributed by atoms with van der Waals surface area (Å²) >= 11 is 1.86. The van der Waals surface area contributed by atoms with Gasteiger partial charge in [-0.25, -0.2) is 0 Å². The molecule has 2 aliphatic rings. The van der Waals surface area contributed by atoms with Crippen molar-refractivity contribution in [3.63, 3.8) is 0 Å². The number of thiophene rings is 1. The van der Waals surface area contributed by atoms with Crippen LogP contribution < -0.4 is 9.64 Å². The maximum Gasteiger partial charge on any atom is 0.140 e. The molecule has 12 aromatic rings. The van der Waals surface area contributed by atoms with Crippen LogP contribution in [0.25, 0.3) is 75.1 Å². The fourth-order valence-electron chi connectivity index (χ4n) is 11.3. The number of rotatable bonds is 5. The van der Waals surface area contributed by atoms with Crippen molar-refractivity contribution >= 4 is 70.1 Å². The van der Waals surface area contributed by atoms with Gasteiger partial charge in [0.2, 0.25) is 0 Å². The Morgan fingerprint density at radius 3 is 1.65 bits per heavy atom. The van der Waals surface area contributed by atoms with Crippen molar-refractivity contribution in [3.8, 4) is 44.9 Å². The van der Waals surface area contributed by atoms with Crippen LogP contribution in [-0.4, -0.2) is 0 Å². The number of ether oxygens (including phenoxy) is 1. The minimum absolute atomic E-state index is 0.598. The lowest BCUT2D eigenvalue weighted by atomic mass is 9.65. The third-order valence-electron chi connectivity index (χ3n) is 14.1. The van der Waals surface area contributed by atoms with Gasteiger partial charge in [0.25, 0.3) is 0 Å². The highest BCUT2D eigenvalue weighted by atomic mass is 32.1. The Kier molecular flexibility index (Phi) is 8.10. The molecule has 2 nitrogen and oxygen atoms in total. The lowest BCUT2D eigenvalue weighted by Gasteiger charge is -2.40. The molecule has 0 unspecified atom stereocenters. The van der Waals surface area contributed by atoms with Crippen LogP contribution in [-0.2, 0) is 5.41 Å². The molecule has 308 valence electrons. The van der Waals surface area contributed by atoms with Gasteiger partial charge in [-0.1, -0.05) is 194 Å². The fourth-order valence-corrected chi connectivity index (χ4v) is 12.4. The van der Waals surface area contributed by atoms with Crippen molar-refractivity contribution < 1.29 is 4.74 Å². The molecule has 1 aromatic heterocycles. The molecule has 0 N–H and O–H groups in total. The molecule has 1 spiro atoms. The Balaban J connectivity index is 0.974. The second kappa shape index (κ2) is 14.4. The van der Waals surface area contributed by atoms with Crippen LogP contribution in [0.1, 0.15) is 22.3 Å². The molecular formula is C63H39NOS. The first kappa shape index (κ1) is 37.2. The molecule has 0 amide bonds. The molecule has 0 fully saturated rings. The summed E-state index contributed by atoms with van der Waals surface area (Å²) in [6.07, 6.45) is 0. The molecule has 2 heterocycles. The van der Waals surface area contributed by atoms with Crippen molar-refractivity contribution in [3.05, 3.63) is 259 Å². The van der Waals surface area contributed by atoms with Crippen molar-refractivity contribution in [1.29, 1.82) is 0 Å². The third-order valence-corrected chi connectivity index (χ3v) is 15.3. The first-order valence-corrected chi connectivity index (χ1v) is 23.5. The maximum absolute atomic E-state index is 7.20. The van der Waals surface area contributed by atoms with Crippen LogP contribution >= 0.6 is 11.3 Å². The first-order valence-electron chi connectivity index (χ1n) is 22.7. The summed E-state index contributed by atoms with van der Waals surface area (Å²) in [6.45, 7) is 0. The summed E-state index contributed by atoms with van der Waals surface area (Å²) in [6, 6.07) is 87.0. The van der Waals surface area contributed by atoms with Crippen molar-refractivity contribution in [1.82, 2.24) is 0 Å². The number of anilines is 3. The van der Waals surface area contributed by atoms with Gasteiger partial charge in [0, 0.05) is 59.0 Å². The van der Waals surface area contributed by atoms with Crippen LogP contribution in [0.4, 0.5) is 17.1 Å². The molecule has 0 atom stereocenters. The Morgan fingerprint density at radius 1 is 0.333 bits per heavy atom. The Labute approximate surface area is 386 Å². The lowest BCUT2D eigenvalue weighted by molar-refractivity contribution is 0.447. The van der Waals surface area contributed by atoms with E-state index in [9.17, 15) is 0 Å². The minimum Gasteiger partial charge on any atom is -0.455 e. The molecule has 1 aliphatic carbocycles. The van der Waals surface area contributed by atoms with Crippen molar-refractivity contribution in [2.75, 3.05) is 4.90 Å². The van der Waals surface area contributed by atoms with E-state index >= 15 is 0 Å². The summed E-state index contributed by atoms with van der Waals surface area (Å²) in [7, 11) is 0. The van der Waals surface area contributed by atoms with E-state index in [2.05, 4.69) is 241 Å². The van der Waals surface area contributed by atoms with E-state index in [-0.39, 0.29) is 0 Å². The van der Waals surface area contributed by atoms with Gasteiger partial charge in [-0.2, -0.15) is 0 Å². The highest BCUT2D eigenvalue weighted by Gasteiger charge is 2.51. The number of para-hydroxylation sites is 2. The second-order valence-corrected chi connectivity index (χ2v) is 18.6. The highest BCUT2D eigenvalue weighted by molar-refractivity contribution is 7.25. The number of hydrogen-bond donors (Lipinski definition) is 0. The van der Waals surface area contributed by atoms with E-state index in [1.165, 1.54) is 81.0 Å². The lowest BCUT2D eigenvalue weighted by Crippen LogP contribution is -2.32. The zero-order valence-corrected chi connectivity index (χ0v) is 36.6. The number of benzene rings is 11. The molecule has 0 saturated carbocycles. The summed E-state index contributed by atoms with van der Waals surface area (Å²) in [5, 5.41) is 7.17. The second-order valence-electron chi connectivity index (χ2n) is 17.5. The van der Waals surface area contributed by atoms with Crippen LogP contribution in [0, 0.1) is 0 Å². The Bertz CT molecular complexity index is 3850. The largest absolute Gasteiger partial charge is 0.455 e. The number of fused-ring (bicyclic) bond motifs is 16. The van der Waals surface area contributed by atoms with E-state index in [1.54, 1.807) is 0 Å². The standard InChI is InChI=1S/C63H39NOS/c1-2-18-43(19-3-1)64(44-33-34-52-51-26-12-15-29-59(51)66-60(52)39-44)58-28-14-11-25-50(58)48-23-9-8-20-45(48)42-32-35-55-53(38-42)49-24-10-13-27-54(49)63(55)56-36-30-40-16-4-6-21-46(40)61(56)65-62-47-22-7-5-17-41(47)31-37-57(62)63/h1-39H. The molecule has 0 bridgehead atoms. The quantitative estimate of drug-likeness (QED) is 0.171. The SMILES string of the molecule is c1ccc(N(c2ccc3c(c2)sc2ccccc23)c2ccccc2-c2ccccc2-c2ccc3c(c2)-c2ccccc2C32c3ccc4ccccc4c3Oc3c2ccc2ccccc32)cc1. The fraction of sp³-hybridized carbons (Fsp3) is 0.0159. The smallest absolute Gasteiger partial charge is 0.140 e. The third kappa shape index (κ3) is 5.29. The number of hydrogen-bond acceptors (Lipinski definition) is 3. The zero-order valence-electron chi connectivity index (χ0n) is 35.8. The van der Waals surface area contributed by atoms with Gasteiger partial charge >= 0.3 is 0 Å². The van der Waals surface area contributed by atoms with Gasteiger partial charge in [0.15, 0.2) is 0 Å². The highest BCUT2D eigenvalue weighted by Crippen LogP contribution is 2.64. The van der Waals surface area contributed by atoms with E-state index < -0.39 is 5.41 Å². The van der Waals surface area contributed by atoms with Crippen molar-refractivity contribution in [2.24, 2.45) is 0 Å². The molecule has 66 heavy (non-hydrogen) atoms. The van der Waals surface area contributed by atoms with Gasteiger partial charge in [-0.05, 0) is 92.2 Å². The average molecular weight is 858 g/mol. The molecule has 11 aromatic carbocycles. The monoisotopic (exact) mass is 857 g/mol. The molecule has 3 heteroatoms. The van der Waals surface area contributed by atoms with Gasteiger partial charge in [-0.15, -0.1) is 11.3 Å². The average Bonchev–Trinajstić information content (AvgIpc) is 3.90. The van der Waals surface area contributed by atoms with Crippen LogP contribution in [0.5, 0.6) is 11.5 Å². The predicted octanol–water partition coefficient (Wildman–Crippen LogP) is 17.6. The summed E-state index contributed by atoms with van der Waals surface area (Å²) in [5.74, 6) is 1.86. The molecule has 14 rings (SSSR count). The topological polar surface area (TPSA) is 12.5 Å². The van der Waals surface area contributed by atoms with Gasteiger partial charge < -0.3 is 9.64 Å². The van der Waals surface area contributed by atoms with Crippen LogP contribution in [0.2, 0.25) is 0 Å². The molecule has 0 saturated heterocycles. The molecule has 0 radical (unpaired) electrons. The predicted molar refractivity (Wildman–Crippen MR) is 277 cm³/mol. The molecular weight excluding hydrogens is 819 g/mol. The Morgan fingerprint density at radius 2 is 0.894 bits per heavy atom. The van der Waals surface area contributed by atoms with Gasteiger partial charge in [-0.3, -0.25) is 0 Å². The van der Waals surface area contributed by atoms with E-state index in [0.29, 0.717) is 0 Å². The maximum atomic E-state index is 7.20. The van der Waals surface area contributed by atoms with E-state index in [4.69, 9.17) is 4.74 Å². The number of nitrogens with zero attached hydrogens (tertiary/aromatic N) is 1.